The van der Waals surface area contributed by atoms with Gasteiger partial charge in [-0.2, -0.15) is 13.2 Å². The second kappa shape index (κ2) is 10.0. The highest BCUT2D eigenvalue weighted by Gasteiger charge is 2.38. The number of alkyl halides is 3. The molecule has 0 saturated heterocycles. The van der Waals surface area contributed by atoms with E-state index in [0.29, 0.717) is 24.3 Å². The van der Waals surface area contributed by atoms with Crippen molar-refractivity contribution in [2.75, 3.05) is 0 Å². The number of carboxylic acid groups (broad SMARTS) is 1. The third-order valence-electron chi connectivity index (χ3n) is 3.87. The van der Waals surface area contributed by atoms with Gasteiger partial charge in [-0.25, -0.2) is 19.2 Å². The van der Waals surface area contributed by atoms with Crippen molar-refractivity contribution < 1.29 is 27.5 Å². The van der Waals surface area contributed by atoms with E-state index >= 15 is 0 Å². The number of halogens is 4. The molecule has 3 rings (SSSR count). The maximum absolute atomic E-state index is 13.8. The second-order valence-corrected chi connectivity index (χ2v) is 8.46. The zero-order valence-electron chi connectivity index (χ0n) is 17.0. The van der Waals surface area contributed by atoms with Gasteiger partial charge in [-0.15, -0.1) is 11.3 Å². The van der Waals surface area contributed by atoms with Gasteiger partial charge < -0.3 is 15.4 Å². The molecule has 0 radical (unpaired) electrons. The molecule has 0 unspecified atom stereocenters. The fraction of sp³-hybridized carbons (Fsp3) is 0.350. The Morgan fingerprint density at radius 3 is 2.39 bits per heavy atom. The molecule has 168 valence electrons. The van der Waals surface area contributed by atoms with Crippen molar-refractivity contribution in [3.05, 3.63) is 58.2 Å². The number of thiazole rings is 1. The third kappa shape index (κ3) is 7.44. The summed E-state index contributed by atoms with van der Waals surface area (Å²) in [6.45, 7) is 7.72. The van der Waals surface area contributed by atoms with Gasteiger partial charge in [0, 0.05) is 41.3 Å². The van der Waals surface area contributed by atoms with Crippen molar-refractivity contribution in [1.82, 2.24) is 20.3 Å². The number of H-pyrrole nitrogens is 1. The van der Waals surface area contributed by atoms with Gasteiger partial charge in [0.1, 0.15) is 16.6 Å². The summed E-state index contributed by atoms with van der Waals surface area (Å²) in [5.41, 5.74) is 2.29. The third-order valence-corrected chi connectivity index (χ3v) is 4.72. The number of nitrogens with zero attached hydrogens (tertiary/aromatic N) is 2. The van der Waals surface area contributed by atoms with Crippen LogP contribution in [0, 0.1) is 5.82 Å². The number of imidazole rings is 1. The first-order chi connectivity index (χ1) is 14.4. The first-order valence-corrected chi connectivity index (χ1v) is 10.0. The maximum Gasteiger partial charge on any atom is 0.490 e. The van der Waals surface area contributed by atoms with E-state index in [4.69, 9.17) is 9.90 Å². The number of carboxylic acids is 1. The van der Waals surface area contributed by atoms with Crippen LogP contribution in [0.2, 0.25) is 0 Å². The molecule has 0 aliphatic rings. The molecule has 0 atom stereocenters. The normalized spacial score (nSPS) is 11.7. The van der Waals surface area contributed by atoms with E-state index in [1.165, 1.54) is 17.4 Å². The highest BCUT2D eigenvalue weighted by atomic mass is 32.1. The van der Waals surface area contributed by atoms with Crippen LogP contribution in [0.5, 0.6) is 0 Å². The number of benzene rings is 1. The van der Waals surface area contributed by atoms with Crippen LogP contribution in [0.3, 0.4) is 0 Å². The number of aromatic nitrogens is 3. The Morgan fingerprint density at radius 2 is 1.84 bits per heavy atom. The molecule has 0 aliphatic carbocycles. The summed E-state index contributed by atoms with van der Waals surface area (Å²) in [4.78, 5) is 21.2. The summed E-state index contributed by atoms with van der Waals surface area (Å²) in [7, 11) is 0. The molecule has 3 aromatic rings. The van der Waals surface area contributed by atoms with Gasteiger partial charge in [0.05, 0.1) is 5.69 Å². The molecule has 0 spiro atoms. The number of aliphatic carboxylic acids is 1. The molecule has 2 aromatic heterocycles. The number of hydrogen-bond acceptors (Lipinski definition) is 5. The molecule has 3 N–H and O–H groups in total. The Labute approximate surface area is 180 Å². The van der Waals surface area contributed by atoms with Crippen molar-refractivity contribution in [1.29, 1.82) is 0 Å². The molecule has 0 amide bonds. The summed E-state index contributed by atoms with van der Waals surface area (Å²) in [6.07, 6.45) is -3.22. The van der Waals surface area contributed by atoms with E-state index < -0.39 is 12.1 Å². The Balaban J connectivity index is 0.000000423. The minimum Gasteiger partial charge on any atom is -0.475 e. The number of carbonyl (C=O) groups is 1. The Bertz CT molecular complexity index is 1010. The van der Waals surface area contributed by atoms with Crippen molar-refractivity contribution >= 4 is 17.3 Å². The molecule has 1 aromatic carbocycles. The standard InChI is InChI=1S/C18H21FN4S.C2HF3O2/c1-18(2,3)17-21-9-12(22-17)8-20-10-16-23-15(11-24-16)13-6-4-5-7-14(13)19;3-2(4,5)1(6)7/h4-7,9,11,20H,8,10H2,1-3H3,(H,21,22);(H,6,7). The van der Waals surface area contributed by atoms with Crippen LogP contribution in [-0.4, -0.2) is 32.2 Å². The van der Waals surface area contributed by atoms with Crippen molar-refractivity contribution in [3.63, 3.8) is 0 Å². The monoisotopic (exact) mass is 458 g/mol. The SMILES string of the molecule is CC(C)(C)c1ncc(CNCc2nc(-c3ccccc3F)cs2)[nH]1.O=C(O)C(F)(F)F. The predicted octanol–water partition coefficient (Wildman–Crippen LogP) is 4.89. The summed E-state index contributed by atoms with van der Waals surface area (Å²) < 4.78 is 45.5. The van der Waals surface area contributed by atoms with E-state index in [1.54, 1.807) is 12.1 Å². The summed E-state index contributed by atoms with van der Waals surface area (Å²) in [5.74, 6) is -2.02. The van der Waals surface area contributed by atoms with Crippen LogP contribution in [0.25, 0.3) is 11.3 Å². The molecule has 0 bridgehead atoms. The quantitative estimate of drug-likeness (QED) is 0.474. The van der Waals surface area contributed by atoms with Gasteiger partial charge in [-0.1, -0.05) is 32.9 Å². The van der Waals surface area contributed by atoms with Gasteiger partial charge in [-0.3, -0.25) is 0 Å². The van der Waals surface area contributed by atoms with Crippen LogP contribution in [0.4, 0.5) is 17.6 Å². The van der Waals surface area contributed by atoms with E-state index in [9.17, 15) is 17.6 Å². The lowest BCUT2D eigenvalue weighted by atomic mass is 9.96. The van der Waals surface area contributed by atoms with E-state index in [-0.39, 0.29) is 11.2 Å². The van der Waals surface area contributed by atoms with E-state index in [2.05, 4.69) is 41.0 Å². The molecule has 11 heteroatoms. The molecular formula is C20H22F4N4O2S. The highest BCUT2D eigenvalue weighted by Crippen LogP contribution is 2.24. The van der Waals surface area contributed by atoms with Gasteiger partial charge in [0.2, 0.25) is 0 Å². The molecule has 0 saturated carbocycles. The van der Waals surface area contributed by atoms with Crippen LogP contribution in [0.1, 0.15) is 37.3 Å². The van der Waals surface area contributed by atoms with Crippen LogP contribution >= 0.6 is 11.3 Å². The van der Waals surface area contributed by atoms with Gasteiger partial charge in [-0.05, 0) is 12.1 Å². The average Bonchev–Trinajstić information content (AvgIpc) is 3.31. The molecule has 31 heavy (non-hydrogen) atoms. The zero-order valence-corrected chi connectivity index (χ0v) is 17.9. The zero-order chi connectivity index (χ0) is 23.2. The molecule has 0 fully saturated rings. The van der Waals surface area contributed by atoms with Crippen molar-refractivity contribution in [3.8, 4) is 11.3 Å². The van der Waals surface area contributed by atoms with Gasteiger partial charge in [0.15, 0.2) is 0 Å². The summed E-state index contributed by atoms with van der Waals surface area (Å²) in [5, 5.41) is 13.3. The fourth-order valence-electron chi connectivity index (χ4n) is 2.32. The molecule has 2 heterocycles. The first-order valence-electron chi connectivity index (χ1n) is 9.12. The topological polar surface area (TPSA) is 90.9 Å². The number of nitrogens with one attached hydrogen (secondary N) is 2. The molecule has 6 nitrogen and oxygen atoms in total. The number of hydrogen-bond donors (Lipinski definition) is 3. The van der Waals surface area contributed by atoms with Crippen LogP contribution in [-0.2, 0) is 23.3 Å². The second-order valence-electron chi connectivity index (χ2n) is 7.52. The lowest BCUT2D eigenvalue weighted by Crippen LogP contribution is -2.21. The highest BCUT2D eigenvalue weighted by molar-refractivity contribution is 7.09. The Kier molecular flexibility index (Phi) is 7.91. The minimum absolute atomic E-state index is 0.0161. The summed E-state index contributed by atoms with van der Waals surface area (Å²) in [6, 6.07) is 6.71. The smallest absolute Gasteiger partial charge is 0.475 e. The molecular weight excluding hydrogens is 436 g/mol. The fourth-order valence-corrected chi connectivity index (χ4v) is 3.08. The van der Waals surface area contributed by atoms with Crippen LogP contribution < -0.4 is 5.32 Å². The Morgan fingerprint density at radius 1 is 1.19 bits per heavy atom. The van der Waals surface area contributed by atoms with Gasteiger partial charge in [0.25, 0.3) is 0 Å². The predicted molar refractivity (Wildman–Crippen MR) is 109 cm³/mol. The van der Waals surface area contributed by atoms with E-state index in [0.717, 1.165) is 16.5 Å². The Hall–Kier alpha value is -2.79. The average molecular weight is 458 g/mol. The largest absolute Gasteiger partial charge is 0.490 e. The first kappa shape index (κ1) is 24.5. The number of aromatic amines is 1. The lowest BCUT2D eigenvalue weighted by molar-refractivity contribution is -0.192. The minimum atomic E-state index is -5.08. The lowest BCUT2D eigenvalue weighted by Gasteiger charge is -2.14. The number of rotatable bonds is 5. The maximum atomic E-state index is 13.8. The van der Waals surface area contributed by atoms with Crippen molar-refractivity contribution in [2.24, 2.45) is 0 Å². The van der Waals surface area contributed by atoms with Gasteiger partial charge >= 0.3 is 12.1 Å². The van der Waals surface area contributed by atoms with E-state index in [1.807, 2.05) is 17.6 Å². The van der Waals surface area contributed by atoms with Crippen molar-refractivity contribution in [2.45, 2.75) is 45.5 Å². The molecule has 0 aliphatic heterocycles. The summed E-state index contributed by atoms with van der Waals surface area (Å²) >= 11 is 1.53. The van der Waals surface area contributed by atoms with Crippen LogP contribution in [0.15, 0.2) is 35.8 Å².